The summed E-state index contributed by atoms with van der Waals surface area (Å²) in [6.07, 6.45) is 1.06. The van der Waals surface area contributed by atoms with Crippen LogP contribution in [0.4, 0.5) is 17.1 Å². The molecule has 1 saturated heterocycles. The van der Waals surface area contributed by atoms with Gasteiger partial charge in [-0.1, -0.05) is 48.0 Å². The van der Waals surface area contributed by atoms with Crippen LogP contribution >= 0.6 is 11.6 Å². The molecule has 1 fully saturated rings. The number of amides is 1. The molecular formula is C30H33ClN6O4S. The van der Waals surface area contributed by atoms with Crippen LogP contribution < -0.4 is 9.62 Å². The van der Waals surface area contributed by atoms with Crippen molar-refractivity contribution in [3.05, 3.63) is 82.9 Å². The zero-order valence-corrected chi connectivity index (χ0v) is 25.2. The second kappa shape index (κ2) is 12.1. The van der Waals surface area contributed by atoms with Gasteiger partial charge in [-0.2, -0.15) is 0 Å². The molecule has 4 aromatic rings. The van der Waals surface area contributed by atoms with Crippen LogP contribution in [-0.2, 0) is 14.8 Å². The number of anilines is 2. The van der Waals surface area contributed by atoms with Crippen LogP contribution in [0.1, 0.15) is 11.1 Å². The molecule has 0 aliphatic carbocycles. The highest BCUT2D eigenvalue weighted by Crippen LogP contribution is 2.35. The van der Waals surface area contributed by atoms with Crippen LogP contribution in [0.15, 0.2) is 71.7 Å². The highest BCUT2D eigenvalue weighted by Gasteiger charge is 2.23. The molecule has 5 rings (SSSR count). The topological polar surface area (TPSA) is 121 Å². The number of halogens is 1. The minimum absolute atomic E-state index is 0.0739. The van der Waals surface area contributed by atoms with E-state index in [0.29, 0.717) is 33.2 Å². The third-order valence-corrected chi connectivity index (χ3v) is 8.06. The number of carbonyl (C=O) groups is 1. The van der Waals surface area contributed by atoms with Gasteiger partial charge >= 0.3 is 0 Å². The van der Waals surface area contributed by atoms with Crippen LogP contribution in [0, 0.1) is 0 Å². The number of sulfonamides is 1. The summed E-state index contributed by atoms with van der Waals surface area (Å²) in [4.78, 5) is 26.9. The van der Waals surface area contributed by atoms with Gasteiger partial charge < -0.3 is 19.9 Å². The Morgan fingerprint density at radius 1 is 1.07 bits per heavy atom. The van der Waals surface area contributed by atoms with E-state index in [1.165, 1.54) is 4.90 Å². The first-order valence-electron chi connectivity index (χ1n) is 13.4. The lowest BCUT2D eigenvalue weighted by Crippen LogP contribution is -2.48. The fourth-order valence-corrected chi connectivity index (χ4v) is 5.73. The van der Waals surface area contributed by atoms with Crippen molar-refractivity contribution >= 4 is 61.2 Å². The second-order valence-corrected chi connectivity index (χ2v) is 12.7. The van der Waals surface area contributed by atoms with Gasteiger partial charge in [-0.3, -0.25) is 14.4 Å². The third-order valence-electron chi connectivity index (χ3n) is 7.23. The van der Waals surface area contributed by atoms with E-state index >= 15 is 0 Å². The molecule has 2 heterocycles. The first-order valence-corrected chi connectivity index (χ1v) is 15.7. The van der Waals surface area contributed by atoms with E-state index in [1.807, 2.05) is 36.4 Å². The minimum atomic E-state index is -3.68. The molecule has 42 heavy (non-hydrogen) atoms. The number of hydrogen-bond donors (Lipinski definition) is 3. The number of nitrogens with zero attached hydrogens (tertiary/aromatic N) is 4. The normalized spacial score (nSPS) is 15.2. The number of aromatic hydroxyl groups is 1. The molecule has 1 aliphatic rings. The summed E-state index contributed by atoms with van der Waals surface area (Å²) in [5.74, 6) is -0.227. The highest BCUT2D eigenvalue weighted by molar-refractivity contribution is 7.92. The Morgan fingerprint density at radius 2 is 1.79 bits per heavy atom. The number of carbonyl (C=O) groups excluding carboxylic acids is 1. The third kappa shape index (κ3) is 6.76. The lowest BCUT2D eigenvalue weighted by Gasteiger charge is -2.33. The Hall–Kier alpha value is -3.90. The average Bonchev–Trinajstić information content (AvgIpc) is 3.26. The number of likely N-dealkylation sites (N-methyl/N-ethyl adjacent to an activating group) is 2. The molecule has 3 aromatic carbocycles. The van der Waals surface area contributed by atoms with E-state index in [0.717, 1.165) is 43.4 Å². The van der Waals surface area contributed by atoms with Crippen molar-refractivity contribution in [3.63, 3.8) is 0 Å². The van der Waals surface area contributed by atoms with Gasteiger partial charge in [0.1, 0.15) is 0 Å². The number of benzene rings is 3. The number of hydrogen-bond acceptors (Lipinski definition) is 7. The smallest absolute Gasteiger partial charge is 0.240 e. The predicted molar refractivity (Wildman–Crippen MR) is 169 cm³/mol. The van der Waals surface area contributed by atoms with Gasteiger partial charge in [0.15, 0.2) is 5.88 Å². The standard InChI is InChI=1S/C30H33ClN6O4S/c1-35-13-15-37(16-14-35)19-27(38)36(2)26-12-10-22(18-25(26)34-42(3,40)41)32-29(20-7-5-4-6-8-20)28-23-11-9-21(31)17-24(23)33-30(28)39/h4-12,17-18,33-34,39H,13-16,19H2,1-3H3. The Bertz CT molecular complexity index is 1750. The molecule has 1 amide bonds. The van der Waals surface area contributed by atoms with Crippen molar-refractivity contribution in [3.8, 4) is 5.88 Å². The van der Waals surface area contributed by atoms with Crippen molar-refractivity contribution in [2.24, 2.45) is 4.99 Å². The van der Waals surface area contributed by atoms with E-state index < -0.39 is 10.0 Å². The molecule has 0 radical (unpaired) electrons. The second-order valence-electron chi connectivity index (χ2n) is 10.5. The summed E-state index contributed by atoms with van der Waals surface area (Å²) in [6.45, 7) is 3.56. The average molecular weight is 609 g/mol. The summed E-state index contributed by atoms with van der Waals surface area (Å²) in [7, 11) is 0.00400. The zero-order valence-electron chi connectivity index (χ0n) is 23.6. The number of aromatic amines is 1. The summed E-state index contributed by atoms with van der Waals surface area (Å²) in [5.41, 5.74) is 3.39. The first kappa shape index (κ1) is 29.6. The van der Waals surface area contributed by atoms with Gasteiger partial charge in [-0.15, -0.1) is 0 Å². The Kier molecular flexibility index (Phi) is 8.55. The van der Waals surface area contributed by atoms with Crippen LogP contribution in [-0.4, -0.2) is 93.0 Å². The van der Waals surface area contributed by atoms with Crippen LogP contribution in [0.3, 0.4) is 0 Å². The number of nitrogens with one attached hydrogen (secondary N) is 2. The molecule has 0 saturated carbocycles. The van der Waals surface area contributed by atoms with Crippen LogP contribution in [0.5, 0.6) is 5.88 Å². The van der Waals surface area contributed by atoms with Crippen LogP contribution in [0.2, 0.25) is 5.02 Å². The van der Waals surface area contributed by atoms with E-state index in [4.69, 9.17) is 16.6 Å². The summed E-state index contributed by atoms with van der Waals surface area (Å²) in [5, 5.41) is 12.2. The SMILES string of the molecule is CN1CCN(CC(=O)N(C)c2ccc(N=C(c3ccccc3)c3c(O)[nH]c4cc(Cl)ccc34)cc2NS(C)(=O)=O)CC1. The summed E-state index contributed by atoms with van der Waals surface area (Å²) >= 11 is 6.18. The van der Waals surface area contributed by atoms with Gasteiger partial charge in [-0.25, -0.2) is 13.4 Å². The number of fused-ring (bicyclic) bond motifs is 1. The van der Waals surface area contributed by atoms with Gasteiger partial charge in [0.2, 0.25) is 15.9 Å². The molecule has 0 unspecified atom stereocenters. The molecule has 10 nitrogen and oxygen atoms in total. The molecule has 12 heteroatoms. The number of aromatic nitrogens is 1. The largest absolute Gasteiger partial charge is 0.494 e. The first-order chi connectivity index (χ1) is 20.0. The quantitative estimate of drug-likeness (QED) is 0.257. The monoisotopic (exact) mass is 608 g/mol. The fraction of sp³-hybridized carbons (Fsp3) is 0.267. The van der Waals surface area contributed by atoms with Crippen molar-refractivity contribution in [1.82, 2.24) is 14.8 Å². The lowest BCUT2D eigenvalue weighted by atomic mass is 10.0. The maximum Gasteiger partial charge on any atom is 0.240 e. The van der Waals surface area contributed by atoms with E-state index in [2.05, 4.69) is 26.6 Å². The van der Waals surface area contributed by atoms with Gasteiger partial charge in [0, 0.05) is 49.2 Å². The number of rotatable bonds is 8. The van der Waals surface area contributed by atoms with Gasteiger partial charge in [0.05, 0.1) is 46.7 Å². The molecule has 0 spiro atoms. The number of piperazine rings is 1. The summed E-state index contributed by atoms with van der Waals surface area (Å²) in [6, 6.07) is 19.6. The summed E-state index contributed by atoms with van der Waals surface area (Å²) < 4.78 is 27.2. The maximum atomic E-state index is 13.2. The number of H-pyrrole nitrogens is 1. The van der Waals surface area contributed by atoms with Crippen molar-refractivity contribution in [2.75, 3.05) is 62.7 Å². The minimum Gasteiger partial charge on any atom is -0.494 e. The van der Waals surface area contributed by atoms with Crippen molar-refractivity contribution in [1.29, 1.82) is 0 Å². The Morgan fingerprint density at radius 3 is 2.48 bits per heavy atom. The van der Waals surface area contributed by atoms with E-state index in [1.54, 1.807) is 37.4 Å². The van der Waals surface area contributed by atoms with E-state index in [-0.39, 0.29) is 24.0 Å². The zero-order chi connectivity index (χ0) is 30.0. The van der Waals surface area contributed by atoms with E-state index in [9.17, 15) is 18.3 Å². The van der Waals surface area contributed by atoms with Crippen LogP contribution in [0.25, 0.3) is 10.9 Å². The predicted octanol–water partition coefficient (Wildman–Crippen LogP) is 4.28. The van der Waals surface area contributed by atoms with Crippen molar-refractivity contribution < 1.29 is 18.3 Å². The molecular weight excluding hydrogens is 576 g/mol. The highest BCUT2D eigenvalue weighted by atomic mass is 35.5. The fourth-order valence-electron chi connectivity index (χ4n) is 4.99. The van der Waals surface area contributed by atoms with Gasteiger partial charge in [-0.05, 0) is 37.4 Å². The molecule has 1 aromatic heterocycles. The molecule has 1 aliphatic heterocycles. The molecule has 0 bridgehead atoms. The number of aliphatic imine (C=N–C) groups is 1. The molecule has 0 atom stereocenters. The lowest BCUT2D eigenvalue weighted by molar-refractivity contribution is -0.119. The Labute approximate surface area is 250 Å². The van der Waals surface area contributed by atoms with Gasteiger partial charge in [0.25, 0.3) is 0 Å². The molecule has 220 valence electrons. The van der Waals surface area contributed by atoms with Crippen molar-refractivity contribution in [2.45, 2.75) is 0 Å². The Balaban J connectivity index is 1.56. The molecule has 3 N–H and O–H groups in total. The maximum absolute atomic E-state index is 13.2.